The zero-order chi connectivity index (χ0) is 10.5. The predicted molar refractivity (Wildman–Crippen MR) is 60.6 cm³/mol. The first kappa shape index (κ1) is 12.0. The molecular formula is C12H21N. The molecule has 0 unspecified atom stereocenters. The minimum atomic E-state index is 0.0854. The standard InChI is InChI=1S/C12H21N/c1-7-8-9-10(2)11(3)13-12(4,5)6/h7-9,13H,3H2,1-2,4-6H3/b8-7-,10-9+. The molecule has 0 atom stereocenters. The Labute approximate surface area is 82.2 Å². The minimum Gasteiger partial charge on any atom is -0.381 e. The summed E-state index contributed by atoms with van der Waals surface area (Å²) in [5.74, 6) is 0. The Bertz CT molecular complexity index is 226. The number of allylic oxidation sites excluding steroid dienone is 4. The Morgan fingerprint density at radius 2 is 1.85 bits per heavy atom. The summed E-state index contributed by atoms with van der Waals surface area (Å²) < 4.78 is 0. The van der Waals surface area contributed by atoms with Gasteiger partial charge in [0.15, 0.2) is 0 Å². The van der Waals surface area contributed by atoms with E-state index in [0.29, 0.717) is 0 Å². The van der Waals surface area contributed by atoms with Gasteiger partial charge in [-0.25, -0.2) is 0 Å². The van der Waals surface area contributed by atoms with E-state index < -0.39 is 0 Å². The maximum absolute atomic E-state index is 3.98. The fraction of sp³-hybridized carbons (Fsp3) is 0.500. The number of nitrogens with one attached hydrogen (secondary N) is 1. The van der Waals surface area contributed by atoms with E-state index in [2.05, 4.69) is 45.7 Å². The lowest BCUT2D eigenvalue weighted by Crippen LogP contribution is -2.34. The first-order valence-corrected chi connectivity index (χ1v) is 4.64. The van der Waals surface area contributed by atoms with Gasteiger partial charge in [0, 0.05) is 11.2 Å². The molecule has 0 aromatic heterocycles. The summed E-state index contributed by atoms with van der Waals surface area (Å²) in [5.41, 5.74) is 2.25. The van der Waals surface area contributed by atoms with Crippen molar-refractivity contribution in [2.24, 2.45) is 0 Å². The van der Waals surface area contributed by atoms with Crippen LogP contribution in [0.15, 0.2) is 36.1 Å². The van der Waals surface area contributed by atoms with Gasteiger partial charge >= 0.3 is 0 Å². The molecule has 0 fully saturated rings. The average molecular weight is 179 g/mol. The molecule has 74 valence electrons. The summed E-state index contributed by atoms with van der Waals surface area (Å²) in [5, 5.41) is 3.33. The molecule has 0 aliphatic rings. The first-order chi connectivity index (χ1) is 5.87. The molecule has 0 rings (SSSR count). The van der Waals surface area contributed by atoms with Crippen LogP contribution in [0.4, 0.5) is 0 Å². The molecule has 0 aromatic rings. The van der Waals surface area contributed by atoms with E-state index in [1.807, 2.05) is 19.1 Å². The lowest BCUT2D eigenvalue weighted by atomic mass is 10.1. The first-order valence-electron chi connectivity index (χ1n) is 4.64. The molecule has 0 heterocycles. The Balaban J connectivity index is 4.28. The number of hydrogen-bond acceptors (Lipinski definition) is 1. The summed E-state index contributed by atoms with van der Waals surface area (Å²) in [6.07, 6.45) is 6.08. The molecule has 0 saturated carbocycles. The van der Waals surface area contributed by atoms with Crippen molar-refractivity contribution in [1.29, 1.82) is 0 Å². The second kappa shape index (κ2) is 4.90. The van der Waals surface area contributed by atoms with Crippen LogP contribution in [0.25, 0.3) is 0 Å². The van der Waals surface area contributed by atoms with Gasteiger partial charge in [0.2, 0.25) is 0 Å². The van der Waals surface area contributed by atoms with E-state index in [4.69, 9.17) is 0 Å². The molecule has 0 spiro atoms. The summed E-state index contributed by atoms with van der Waals surface area (Å²) >= 11 is 0. The van der Waals surface area contributed by atoms with Crippen molar-refractivity contribution < 1.29 is 0 Å². The third kappa shape index (κ3) is 6.21. The SMILES string of the molecule is C=C(NC(C)(C)C)/C(C)=C/C=C\C. The minimum absolute atomic E-state index is 0.0854. The maximum Gasteiger partial charge on any atom is 0.0300 e. The van der Waals surface area contributed by atoms with Crippen molar-refractivity contribution in [2.75, 3.05) is 0 Å². The third-order valence-corrected chi connectivity index (χ3v) is 1.54. The highest BCUT2D eigenvalue weighted by atomic mass is 15.0. The summed E-state index contributed by atoms with van der Waals surface area (Å²) in [4.78, 5) is 0. The van der Waals surface area contributed by atoms with Gasteiger partial charge in [-0.3, -0.25) is 0 Å². The average Bonchev–Trinajstić information content (AvgIpc) is 1.96. The maximum atomic E-state index is 3.98. The normalized spacial score (nSPS) is 13.5. The highest BCUT2D eigenvalue weighted by Gasteiger charge is 2.09. The Hall–Kier alpha value is -0.980. The van der Waals surface area contributed by atoms with Gasteiger partial charge in [0.1, 0.15) is 0 Å². The molecule has 0 bridgehead atoms. The zero-order valence-corrected chi connectivity index (χ0v) is 9.44. The van der Waals surface area contributed by atoms with Crippen LogP contribution >= 0.6 is 0 Å². The van der Waals surface area contributed by atoms with Crippen molar-refractivity contribution in [3.05, 3.63) is 36.1 Å². The third-order valence-electron chi connectivity index (χ3n) is 1.54. The van der Waals surface area contributed by atoms with Crippen molar-refractivity contribution in [3.63, 3.8) is 0 Å². The van der Waals surface area contributed by atoms with Crippen LogP contribution < -0.4 is 5.32 Å². The van der Waals surface area contributed by atoms with Gasteiger partial charge < -0.3 is 5.32 Å². The van der Waals surface area contributed by atoms with E-state index in [1.165, 1.54) is 5.57 Å². The van der Waals surface area contributed by atoms with E-state index in [9.17, 15) is 0 Å². The quantitative estimate of drug-likeness (QED) is 0.655. The summed E-state index contributed by atoms with van der Waals surface area (Å²) in [6, 6.07) is 0. The van der Waals surface area contributed by atoms with Gasteiger partial charge in [0.25, 0.3) is 0 Å². The molecular weight excluding hydrogens is 158 g/mol. The molecule has 0 aliphatic carbocycles. The lowest BCUT2D eigenvalue weighted by molar-refractivity contribution is 0.477. The van der Waals surface area contributed by atoms with E-state index in [0.717, 1.165) is 5.70 Å². The second-order valence-corrected chi connectivity index (χ2v) is 4.23. The zero-order valence-electron chi connectivity index (χ0n) is 9.44. The van der Waals surface area contributed by atoms with Crippen LogP contribution in [-0.4, -0.2) is 5.54 Å². The molecule has 0 aromatic carbocycles. The van der Waals surface area contributed by atoms with Crippen LogP contribution in [0, 0.1) is 0 Å². The Kier molecular flexibility index (Phi) is 4.53. The van der Waals surface area contributed by atoms with Gasteiger partial charge in [0.05, 0.1) is 0 Å². The molecule has 1 heteroatoms. The summed E-state index contributed by atoms with van der Waals surface area (Å²) in [6.45, 7) is 14.4. The van der Waals surface area contributed by atoms with Crippen LogP contribution in [-0.2, 0) is 0 Å². The highest BCUT2D eigenvalue weighted by Crippen LogP contribution is 2.09. The van der Waals surface area contributed by atoms with E-state index >= 15 is 0 Å². The summed E-state index contributed by atoms with van der Waals surface area (Å²) in [7, 11) is 0. The van der Waals surface area contributed by atoms with Crippen molar-refractivity contribution in [1.82, 2.24) is 5.32 Å². The second-order valence-electron chi connectivity index (χ2n) is 4.23. The molecule has 0 radical (unpaired) electrons. The van der Waals surface area contributed by atoms with Crippen LogP contribution in [0.5, 0.6) is 0 Å². The van der Waals surface area contributed by atoms with E-state index in [-0.39, 0.29) is 5.54 Å². The van der Waals surface area contributed by atoms with Crippen molar-refractivity contribution in [2.45, 2.75) is 40.2 Å². The molecule has 1 N–H and O–H groups in total. The molecule has 0 aliphatic heterocycles. The fourth-order valence-electron chi connectivity index (χ4n) is 0.892. The highest BCUT2D eigenvalue weighted by molar-refractivity contribution is 5.28. The van der Waals surface area contributed by atoms with Gasteiger partial charge in [-0.15, -0.1) is 0 Å². The Morgan fingerprint density at radius 3 is 2.23 bits per heavy atom. The predicted octanol–water partition coefficient (Wildman–Crippen LogP) is 3.41. The van der Waals surface area contributed by atoms with Crippen LogP contribution in [0.1, 0.15) is 34.6 Å². The number of rotatable bonds is 3. The van der Waals surface area contributed by atoms with Crippen LogP contribution in [0.2, 0.25) is 0 Å². The van der Waals surface area contributed by atoms with Gasteiger partial charge in [-0.1, -0.05) is 24.8 Å². The largest absolute Gasteiger partial charge is 0.381 e. The van der Waals surface area contributed by atoms with Gasteiger partial charge in [-0.2, -0.15) is 0 Å². The van der Waals surface area contributed by atoms with Gasteiger partial charge in [-0.05, 0) is 40.2 Å². The molecule has 0 amide bonds. The van der Waals surface area contributed by atoms with E-state index in [1.54, 1.807) is 0 Å². The molecule has 13 heavy (non-hydrogen) atoms. The van der Waals surface area contributed by atoms with Crippen LogP contribution in [0.3, 0.4) is 0 Å². The Morgan fingerprint density at radius 1 is 1.31 bits per heavy atom. The monoisotopic (exact) mass is 179 g/mol. The van der Waals surface area contributed by atoms with Crippen molar-refractivity contribution in [3.8, 4) is 0 Å². The topological polar surface area (TPSA) is 12.0 Å². The smallest absolute Gasteiger partial charge is 0.0300 e. The van der Waals surface area contributed by atoms with Crippen molar-refractivity contribution >= 4 is 0 Å². The fourth-order valence-corrected chi connectivity index (χ4v) is 0.892. The number of hydrogen-bond donors (Lipinski definition) is 1. The lowest BCUT2D eigenvalue weighted by Gasteiger charge is -2.24. The molecule has 0 saturated heterocycles. The molecule has 1 nitrogen and oxygen atoms in total.